The van der Waals surface area contributed by atoms with Gasteiger partial charge in [-0.1, -0.05) is 13.8 Å². The van der Waals surface area contributed by atoms with Crippen LogP contribution in [-0.2, 0) is 4.79 Å². The third-order valence-electron chi connectivity index (χ3n) is 3.18. The number of carbonyl (C=O) groups excluding carboxylic acids is 1. The van der Waals surface area contributed by atoms with Crippen LogP contribution in [0.5, 0.6) is 0 Å². The van der Waals surface area contributed by atoms with Crippen LogP contribution in [0.15, 0.2) is 0 Å². The molecule has 3 N–H and O–H groups in total. The van der Waals surface area contributed by atoms with Gasteiger partial charge in [0.2, 0.25) is 0 Å². The summed E-state index contributed by atoms with van der Waals surface area (Å²) in [5, 5.41) is 14.2. The average Bonchev–Trinajstić information content (AvgIpc) is 2.38. The monoisotopic (exact) mass is 282 g/mol. The van der Waals surface area contributed by atoms with Gasteiger partial charge >= 0.3 is 12.0 Å². The van der Waals surface area contributed by atoms with Crippen LogP contribution in [0.25, 0.3) is 0 Å². The summed E-state index contributed by atoms with van der Waals surface area (Å²) in [5.74, 6) is 5.60. The van der Waals surface area contributed by atoms with Crippen molar-refractivity contribution in [3.05, 3.63) is 0 Å². The molecular formula is C15H26N2O3. The molecule has 0 aromatic carbocycles. The van der Waals surface area contributed by atoms with Crippen molar-refractivity contribution < 1.29 is 14.7 Å². The third kappa shape index (κ3) is 10.2. The summed E-state index contributed by atoms with van der Waals surface area (Å²) in [6, 6.07) is -0.191. The van der Waals surface area contributed by atoms with Crippen molar-refractivity contribution in [3.63, 3.8) is 0 Å². The Hall–Kier alpha value is -1.70. The van der Waals surface area contributed by atoms with Crippen molar-refractivity contribution in [1.29, 1.82) is 0 Å². The molecule has 0 spiro atoms. The Balaban J connectivity index is 3.83. The molecule has 0 fully saturated rings. The molecule has 1 unspecified atom stereocenters. The van der Waals surface area contributed by atoms with Crippen LogP contribution in [0, 0.1) is 23.7 Å². The summed E-state index contributed by atoms with van der Waals surface area (Å²) in [6.07, 6.45) is 2.29. The van der Waals surface area contributed by atoms with E-state index in [1.165, 1.54) is 0 Å². The Bertz CT molecular complexity index is 356. The molecule has 0 saturated heterocycles. The van der Waals surface area contributed by atoms with E-state index in [2.05, 4.69) is 36.3 Å². The number of hydrogen-bond acceptors (Lipinski definition) is 2. The van der Waals surface area contributed by atoms with Crippen LogP contribution in [0.4, 0.5) is 4.79 Å². The van der Waals surface area contributed by atoms with Gasteiger partial charge < -0.3 is 15.7 Å². The summed E-state index contributed by atoms with van der Waals surface area (Å²) in [7, 11) is 0. The molecule has 1 atom stereocenters. The Kier molecular flexibility index (Phi) is 10.2. The summed E-state index contributed by atoms with van der Waals surface area (Å²) >= 11 is 0. The van der Waals surface area contributed by atoms with Crippen molar-refractivity contribution in [2.75, 3.05) is 13.1 Å². The summed E-state index contributed by atoms with van der Waals surface area (Å²) in [4.78, 5) is 22.0. The smallest absolute Gasteiger partial charge is 0.314 e. The van der Waals surface area contributed by atoms with Crippen molar-refractivity contribution in [3.8, 4) is 11.8 Å². The number of aliphatic carboxylic acids is 1. The summed E-state index contributed by atoms with van der Waals surface area (Å²) in [5.41, 5.74) is 0. The molecule has 0 aliphatic carbocycles. The van der Waals surface area contributed by atoms with E-state index >= 15 is 0 Å². The van der Waals surface area contributed by atoms with Gasteiger partial charge in [-0.05, 0) is 31.6 Å². The lowest BCUT2D eigenvalue weighted by molar-refractivity contribution is -0.137. The lowest BCUT2D eigenvalue weighted by Crippen LogP contribution is -2.37. The van der Waals surface area contributed by atoms with Crippen LogP contribution in [0.2, 0.25) is 0 Å². The van der Waals surface area contributed by atoms with E-state index in [0.717, 1.165) is 6.42 Å². The number of urea groups is 1. The van der Waals surface area contributed by atoms with Crippen LogP contribution < -0.4 is 10.6 Å². The lowest BCUT2D eigenvalue weighted by Gasteiger charge is -2.20. The van der Waals surface area contributed by atoms with Gasteiger partial charge in [-0.25, -0.2) is 4.79 Å². The van der Waals surface area contributed by atoms with Gasteiger partial charge in [0.25, 0.3) is 0 Å². The highest BCUT2D eigenvalue weighted by atomic mass is 16.4. The Morgan fingerprint density at radius 1 is 1.15 bits per heavy atom. The van der Waals surface area contributed by atoms with Gasteiger partial charge in [-0.2, -0.15) is 0 Å². The molecule has 0 saturated carbocycles. The molecule has 5 nitrogen and oxygen atoms in total. The molecule has 0 radical (unpaired) electrons. The quantitative estimate of drug-likeness (QED) is 0.448. The number of carbonyl (C=O) groups is 2. The minimum atomic E-state index is -0.765. The fourth-order valence-electron chi connectivity index (χ4n) is 1.92. The van der Waals surface area contributed by atoms with E-state index in [-0.39, 0.29) is 12.5 Å². The first-order valence-corrected chi connectivity index (χ1v) is 7.10. The van der Waals surface area contributed by atoms with Crippen LogP contribution in [-0.4, -0.2) is 30.2 Å². The molecular weight excluding hydrogens is 256 g/mol. The van der Waals surface area contributed by atoms with Crippen molar-refractivity contribution in [1.82, 2.24) is 10.6 Å². The number of rotatable bonds is 9. The number of carboxylic acids is 1. The Morgan fingerprint density at radius 3 is 2.35 bits per heavy atom. The van der Waals surface area contributed by atoms with Crippen LogP contribution in [0.1, 0.15) is 46.5 Å². The highest BCUT2D eigenvalue weighted by Crippen LogP contribution is 2.20. The van der Waals surface area contributed by atoms with Gasteiger partial charge in [0.1, 0.15) is 0 Å². The lowest BCUT2D eigenvalue weighted by atomic mass is 9.88. The predicted molar refractivity (Wildman–Crippen MR) is 79.3 cm³/mol. The maximum atomic E-state index is 11.5. The van der Waals surface area contributed by atoms with E-state index in [4.69, 9.17) is 5.11 Å². The molecule has 0 heterocycles. The van der Waals surface area contributed by atoms with Crippen molar-refractivity contribution in [2.24, 2.45) is 11.8 Å². The van der Waals surface area contributed by atoms with Gasteiger partial charge in [0.15, 0.2) is 0 Å². The molecule has 5 heteroatoms. The number of hydrogen-bond donors (Lipinski definition) is 3. The van der Waals surface area contributed by atoms with Gasteiger partial charge in [-0.15, -0.1) is 11.8 Å². The highest BCUT2D eigenvalue weighted by molar-refractivity contribution is 5.73. The predicted octanol–water partition coefficient (Wildman–Crippen LogP) is 2.23. The molecule has 0 aliphatic rings. The molecule has 0 bridgehead atoms. The maximum Gasteiger partial charge on any atom is 0.314 e. The SMILES string of the molecule is CC#CCCNC(=O)NCCC(CCC(=O)O)C(C)C. The first-order chi connectivity index (χ1) is 9.47. The maximum absolute atomic E-state index is 11.5. The zero-order chi connectivity index (χ0) is 15.4. The fraction of sp³-hybridized carbons (Fsp3) is 0.733. The minimum absolute atomic E-state index is 0.185. The first kappa shape index (κ1) is 18.3. The molecule has 0 aromatic rings. The van der Waals surface area contributed by atoms with E-state index in [1.807, 2.05) is 0 Å². The summed E-state index contributed by atoms with van der Waals surface area (Å²) < 4.78 is 0. The normalized spacial score (nSPS) is 11.4. The summed E-state index contributed by atoms with van der Waals surface area (Å²) in [6.45, 7) is 7.03. The molecule has 20 heavy (non-hydrogen) atoms. The largest absolute Gasteiger partial charge is 0.481 e. The van der Waals surface area contributed by atoms with E-state index < -0.39 is 5.97 Å². The average molecular weight is 282 g/mol. The Morgan fingerprint density at radius 2 is 1.80 bits per heavy atom. The van der Waals surface area contributed by atoms with E-state index in [9.17, 15) is 9.59 Å². The molecule has 0 rings (SSSR count). The van der Waals surface area contributed by atoms with Gasteiger partial charge in [-0.3, -0.25) is 4.79 Å². The van der Waals surface area contributed by atoms with E-state index in [1.54, 1.807) is 6.92 Å². The topological polar surface area (TPSA) is 78.4 Å². The molecule has 114 valence electrons. The highest BCUT2D eigenvalue weighted by Gasteiger charge is 2.15. The molecule has 0 aromatic heterocycles. The second-order valence-corrected chi connectivity index (χ2v) is 5.08. The standard InChI is InChI=1S/C15H26N2O3/c1-4-5-6-10-16-15(20)17-11-9-13(12(2)3)7-8-14(18)19/h12-13H,6-11H2,1-3H3,(H,18,19)(H2,16,17,20). The fourth-order valence-corrected chi connectivity index (χ4v) is 1.92. The molecule has 0 aliphatic heterocycles. The van der Waals surface area contributed by atoms with Crippen LogP contribution >= 0.6 is 0 Å². The third-order valence-corrected chi connectivity index (χ3v) is 3.18. The number of amides is 2. The zero-order valence-corrected chi connectivity index (χ0v) is 12.7. The van der Waals surface area contributed by atoms with Crippen LogP contribution in [0.3, 0.4) is 0 Å². The second-order valence-electron chi connectivity index (χ2n) is 5.08. The van der Waals surface area contributed by atoms with Crippen molar-refractivity contribution >= 4 is 12.0 Å². The zero-order valence-electron chi connectivity index (χ0n) is 12.7. The number of carboxylic acid groups (broad SMARTS) is 1. The van der Waals surface area contributed by atoms with Crippen molar-refractivity contribution in [2.45, 2.75) is 46.5 Å². The number of nitrogens with one attached hydrogen (secondary N) is 2. The second kappa shape index (κ2) is 11.2. The first-order valence-electron chi connectivity index (χ1n) is 7.10. The Labute approximate surface area is 121 Å². The van der Waals surface area contributed by atoms with E-state index in [0.29, 0.717) is 37.8 Å². The van der Waals surface area contributed by atoms with Gasteiger partial charge in [0.05, 0.1) is 0 Å². The molecule has 2 amide bonds. The van der Waals surface area contributed by atoms with Gasteiger partial charge in [0, 0.05) is 25.9 Å². The minimum Gasteiger partial charge on any atom is -0.481 e.